The van der Waals surface area contributed by atoms with Crippen LogP contribution in [0.2, 0.25) is 0 Å². The van der Waals surface area contributed by atoms with Gasteiger partial charge in [-0.3, -0.25) is 0 Å². The number of benzene rings is 1. The molecule has 0 bridgehead atoms. The number of rotatable bonds is 3. The molecule has 1 aromatic carbocycles. The van der Waals surface area contributed by atoms with Crippen LogP contribution < -0.4 is 5.73 Å². The van der Waals surface area contributed by atoms with Crippen LogP contribution in [-0.4, -0.2) is 13.9 Å². The van der Waals surface area contributed by atoms with Crippen LogP contribution in [0.25, 0.3) is 0 Å². The summed E-state index contributed by atoms with van der Waals surface area (Å²) in [7, 11) is -3.70. The molecule has 0 saturated carbocycles. The standard InChI is InChI=1S/C8H7F3NO2S2/c9-8(10,11)15-6-1-3-7(4-2-6)16(13,14)5-12/h1-5H,12H2. The largest absolute Gasteiger partial charge is 0.446 e. The van der Waals surface area contributed by atoms with E-state index in [1.807, 2.05) is 0 Å². The number of sulfone groups is 1. The number of halogens is 3. The number of nitrogens with two attached hydrogens (primary N) is 1. The lowest BCUT2D eigenvalue weighted by molar-refractivity contribution is -0.0328. The van der Waals surface area contributed by atoms with Crippen LogP contribution in [0.4, 0.5) is 13.2 Å². The van der Waals surface area contributed by atoms with Crippen LogP contribution in [0.5, 0.6) is 0 Å². The summed E-state index contributed by atoms with van der Waals surface area (Å²) < 4.78 is 58.3. The molecule has 2 N–H and O–H groups in total. The van der Waals surface area contributed by atoms with E-state index in [1.54, 1.807) is 0 Å². The Labute approximate surface area is 94.7 Å². The maximum Gasteiger partial charge on any atom is 0.446 e. The number of alkyl halides is 3. The van der Waals surface area contributed by atoms with E-state index >= 15 is 0 Å². The van der Waals surface area contributed by atoms with Crippen LogP contribution in [0.1, 0.15) is 0 Å². The predicted molar refractivity (Wildman–Crippen MR) is 54.0 cm³/mol. The van der Waals surface area contributed by atoms with Crippen molar-refractivity contribution in [2.45, 2.75) is 15.3 Å². The molecule has 0 spiro atoms. The van der Waals surface area contributed by atoms with Gasteiger partial charge in [-0.2, -0.15) is 13.2 Å². The Morgan fingerprint density at radius 1 is 1.19 bits per heavy atom. The lowest BCUT2D eigenvalue weighted by Gasteiger charge is -2.06. The third kappa shape index (κ3) is 3.69. The van der Waals surface area contributed by atoms with Crippen LogP contribution in [-0.2, 0) is 9.84 Å². The van der Waals surface area contributed by atoms with Crippen LogP contribution in [0.15, 0.2) is 34.1 Å². The summed E-state index contributed by atoms with van der Waals surface area (Å²) in [5.41, 5.74) is 0.491. The molecule has 3 nitrogen and oxygen atoms in total. The molecule has 0 amide bonds. The maximum atomic E-state index is 12.0. The first-order chi connectivity index (χ1) is 7.24. The van der Waals surface area contributed by atoms with E-state index < -0.39 is 15.3 Å². The quantitative estimate of drug-likeness (QED) is 0.855. The summed E-state index contributed by atoms with van der Waals surface area (Å²) in [4.78, 5) is -0.218. The van der Waals surface area contributed by atoms with E-state index in [2.05, 4.69) is 0 Å². The fraction of sp³-hybridized carbons (Fsp3) is 0.125. The molecule has 1 aromatic rings. The van der Waals surface area contributed by atoms with E-state index in [1.165, 1.54) is 0 Å². The van der Waals surface area contributed by atoms with Gasteiger partial charge in [0.25, 0.3) is 0 Å². The van der Waals surface area contributed by atoms with Gasteiger partial charge in [-0.25, -0.2) is 8.42 Å². The molecule has 0 heterocycles. The molecule has 0 atom stereocenters. The van der Waals surface area contributed by atoms with Crippen molar-refractivity contribution in [3.8, 4) is 0 Å². The summed E-state index contributed by atoms with van der Waals surface area (Å²) in [6.45, 7) is 0. The molecule has 0 unspecified atom stereocenters. The Morgan fingerprint density at radius 3 is 2.06 bits per heavy atom. The number of thioether (sulfide) groups is 1. The average Bonchev–Trinajstić information content (AvgIpc) is 2.16. The highest BCUT2D eigenvalue weighted by Crippen LogP contribution is 2.36. The second-order valence-electron chi connectivity index (χ2n) is 2.70. The minimum Gasteiger partial charge on any atom is -0.313 e. The van der Waals surface area contributed by atoms with Crippen molar-refractivity contribution < 1.29 is 21.6 Å². The smallest absolute Gasteiger partial charge is 0.313 e. The second kappa shape index (κ2) is 4.64. The first kappa shape index (κ1) is 13.3. The average molecular weight is 270 g/mol. The van der Waals surface area contributed by atoms with Crippen LogP contribution >= 0.6 is 11.8 Å². The van der Waals surface area contributed by atoms with Crippen molar-refractivity contribution in [1.82, 2.24) is 0 Å². The van der Waals surface area contributed by atoms with Gasteiger partial charge < -0.3 is 5.73 Å². The minimum atomic E-state index is -4.39. The fourth-order valence-corrected chi connectivity index (χ4v) is 2.12. The van der Waals surface area contributed by atoms with Gasteiger partial charge in [0.15, 0.2) is 9.84 Å². The third-order valence-electron chi connectivity index (χ3n) is 1.56. The second-order valence-corrected chi connectivity index (χ2v) is 5.67. The van der Waals surface area contributed by atoms with Gasteiger partial charge >= 0.3 is 5.51 Å². The molecular formula is C8H7F3NO2S2. The molecule has 8 heteroatoms. The van der Waals surface area contributed by atoms with Crippen molar-refractivity contribution >= 4 is 21.6 Å². The lowest BCUT2D eigenvalue weighted by Crippen LogP contribution is -2.07. The zero-order valence-corrected chi connectivity index (χ0v) is 9.36. The molecule has 1 radical (unpaired) electrons. The molecule has 0 aliphatic rings. The summed E-state index contributed by atoms with van der Waals surface area (Å²) >= 11 is -0.309. The van der Waals surface area contributed by atoms with Gasteiger partial charge in [-0.15, -0.1) is 0 Å². The van der Waals surface area contributed by atoms with Gasteiger partial charge in [-0.1, -0.05) is 0 Å². The summed E-state index contributed by atoms with van der Waals surface area (Å²) in [5.74, 6) is 0.499. The Bertz CT molecular complexity index is 453. The van der Waals surface area contributed by atoms with Gasteiger partial charge in [0.05, 0.1) is 4.90 Å². The molecule has 0 aliphatic carbocycles. The number of hydrogen-bond acceptors (Lipinski definition) is 4. The molecule has 1 rings (SSSR count). The SMILES string of the molecule is N[CH]S(=O)(=O)c1ccc(SC(F)(F)F)cc1. The molecule has 0 aliphatic heterocycles. The maximum absolute atomic E-state index is 12.0. The van der Waals surface area contributed by atoms with Gasteiger partial charge in [0.2, 0.25) is 0 Å². The van der Waals surface area contributed by atoms with Gasteiger partial charge in [-0.05, 0) is 36.0 Å². The molecular weight excluding hydrogens is 263 g/mol. The highest BCUT2D eigenvalue weighted by molar-refractivity contribution is 8.00. The topological polar surface area (TPSA) is 60.2 Å². The molecule has 89 valence electrons. The normalized spacial score (nSPS) is 12.8. The summed E-state index contributed by atoms with van der Waals surface area (Å²) in [6, 6.07) is 4.31. The van der Waals surface area contributed by atoms with Crippen molar-refractivity contribution in [3.63, 3.8) is 0 Å². The van der Waals surface area contributed by atoms with E-state index in [4.69, 9.17) is 5.73 Å². The van der Waals surface area contributed by atoms with Crippen molar-refractivity contribution in [1.29, 1.82) is 0 Å². The zero-order valence-electron chi connectivity index (χ0n) is 7.73. The Morgan fingerprint density at radius 2 is 1.69 bits per heavy atom. The van der Waals surface area contributed by atoms with Gasteiger partial charge in [0, 0.05) is 4.90 Å². The Kier molecular flexibility index (Phi) is 3.87. The van der Waals surface area contributed by atoms with E-state index in [-0.39, 0.29) is 21.6 Å². The molecule has 0 saturated heterocycles. The van der Waals surface area contributed by atoms with E-state index in [0.717, 1.165) is 24.3 Å². The van der Waals surface area contributed by atoms with E-state index in [9.17, 15) is 21.6 Å². The third-order valence-corrected chi connectivity index (χ3v) is 3.59. The van der Waals surface area contributed by atoms with Crippen molar-refractivity contribution in [2.75, 3.05) is 0 Å². The minimum absolute atomic E-state index is 0.0801. The lowest BCUT2D eigenvalue weighted by atomic mass is 10.4. The Hall–Kier alpha value is -0.730. The Balaban J connectivity index is 2.93. The van der Waals surface area contributed by atoms with Crippen molar-refractivity contribution in [3.05, 3.63) is 30.1 Å². The summed E-state index contributed by atoms with van der Waals surface area (Å²) in [6.07, 6.45) is 0. The predicted octanol–water partition coefficient (Wildman–Crippen LogP) is 2.15. The summed E-state index contributed by atoms with van der Waals surface area (Å²) in [5, 5.41) is 0. The first-order valence-electron chi connectivity index (χ1n) is 3.90. The molecule has 16 heavy (non-hydrogen) atoms. The van der Waals surface area contributed by atoms with Gasteiger partial charge in [0.1, 0.15) is 5.88 Å². The highest BCUT2D eigenvalue weighted by Gasteiger charge is 2.29. The van der Waals surface area contributed by atoms with E-state index in [0.29, 0.717) is 5.88 Å². The van der Waals surface area contributed by atoms with Crippen LogP contribution in [0.3, 0.4) is 0 Å². The molecule has 0 fully saturated rings. The number of hydrogen-bond donors (Lipinski definition) is 1. The highest BCUT2D eigenvalue weighted by atomic mass is 32.2. The first-order valence-corrected chi connectivity index (χ1v) is 6.27. The zero-order chi connectivity index (χ0) is 12.4. The fourth-order valence-electron chi connectivity index (χ4n) is 0.910. The molecule has 0 aromatic heterocycles. The van der Waals surface area contributed by atoms with Crippen molar-refractivity contribution in [2.24, 2.45) is 5.73 Å². The monoisotopic (exact) mass is 270 g/mol. The van der Waals surface area contributed by atoms with Crippen LogP contribution in [0, 0.1) is 5.88 Å².